The lowest BCUT2D eigenvalue weighted by Crippen LogP contribution is -2.50. The topological polar surface area (TPSA) is 30.9 Å². The third-order valence-electron chi connectivity index (χ3n) is 10.6. The smallest absolute Gasteiger partial charge is 0.167 e. The molecule has 2 aliphatic rings. The molecular formula is C38H43F4N4P. The molecule has 2 heterocycles. The summed E-state index contributed by atoms with van der Waals surface area (Å²) in [4.78, 5) is 0. The van der Waals surface area contributed by atoms with Crippen molar-refractivity contribution in [2.24, 2.45) is 16.6 Å². The molecule has 0 aliphatic carbocycles. The van der Waals surface area contributed by atoms with E-state index >= 15 is 17.6 Å². The Kier molecular flexibility index (Phi) is 9.03. The lowest BCUT2D eigenvalue weighted by atomic mass is 9.72. The van der Waals surface area contributed by atoms with E-state index < -0.39 is 41.9 Å². The number of halogens is 4. The van der Waals surface area contributed by atoms with Gasteiger partial charge < -0.3 is 0 Å². The van der Waals surface area contributed by atoms with E-state index in [9.17, 15) is 0 Å². The molecule has 1 saturated heterocycles. The molecule has 248 valence electrons. The standard InChI is InChI=1S/C38H43F4N4P/c1-7-25(3)35-37(27-13-9-17-31(39)21-27,28-14-10-18-32(40)22-28)43-47(45(35)5)44-38(29-15-11-19-33(41)23-29,30-16-12-20-34(42)24-30)36(46(47)6)26(4)8-2/h9-26,35-36,43H,7-8H2,1-6H3/t25-,26-,35-,36-,47?/m0/s1. The fraction of sp³-hybridized carbons (Fsp3) is 0.368. The maximum atomic E-state index is 15.2. The van der Waals surface area contributed by atoms with Gasteiger partial charge in [-0.15, -0.1) is 0 Å². The fourth-order valence-corrected chi connectivity index (χ4v) is 12.5. The van der Waals surface area contributed by atoms with Gasteiger partial charge in [-0.05, 0) is 96.7 Å². The molecule has 0 radical (unpaired) electrons. The summed E-state index contributed by atoms with van der Waals surface area (Å²) < 4.78 is 71.2. The summed E-state index contributed by atoms with van der Waals surface area (Å²) in [6.07, 6.45) is 1.58. The van der Waals surface area contributed by atoms with Crippen molar-refractivity contribution in [1.82, 2.24) is 14.4 Å². The highest BCUT2D eigenvalue weighted by atomic mass is 31.2. The second-order valence-corrected chi connectivity index (χ2v) is 16.0. The Morgan fingerprint density at radius 2 is 1.00 bits per heavy atom. The van der Waals surface area contributed by atoms with Crippen molar-refractivity contribution in [3.8, 4) is 0 Å². The minimum absolute atomic E-state index is 0.0326. The van der Waals surface area contributed by atoms with E-state index in [0.29, 0.717) is 22.3 Å². The summed E-state index contributed by atoms with van der Waals surface area (Å²) in [6.45, 7) is 8.54. The number of hydrogen-bond acceptors (Lipinski definition) is 4. The van der Waals surface area contributed by atoms with Crippen molar-refractivity contribution in [1.29, 1.82) is 0 Å². The molecule has 4 aromatic rings. The zero-order valence-corrected chi connectivity index (χ0v) is 28.7. The largest absolute Gasteiger partial charge is 0.244 e. The zero-order chi connectivity index (χ0) is 33.7. The van der Waals surface area contributed by atoms with Gasteiger partial charge in [0.05, 0.1) is 11.6 Å². The molecule has 0 amide bonds. The molecule has 4 aromatic carbocycles. The summed E-state index contributed by atoms with van der Waals surface area (Å²) in [7, 11) is 1.04. The summed E-state index contributed by atoms with van der Waals surface area (Å²) in [5, 5.41) is 4.04. The van der Waals surface area contributed by atoms with Crippen molar-refractivity contribution < 1.29 is 17.6 Å². The van der Waals surface area contributed by atoms with E-state index in [1.807, 2.05) is 38.4 Å². The Morgan fingerprint density at radius 1 is 0.638 bits per heavy atom. The first-order valence-corrected chi connectivity index (χ1v) is 18.0. The maximum Gasteiger partial charge on any atom is 0.167 e. The highest BCUT2D eigenvalue weighted by Crippen LogP contribution is 2.73. The summed E-state index contributed by atoms with van der Waals surface area (Å²) >= 11 is 0. The Morgan fingerprint density at radius 3 is 1.40 bits per heavy atom. The molecule has 2 aliphatic heterocycles. The first-order chi connectivity index (χ1) is 22.4. The Hall–Kier alpha value is -3.29. The number of benzene rings is 4. The van der Waals surface area contributed by atoms with E-state index in [4.69, 9.17) is 4.74 Å². The zero-order valence-electron chi connectivity index (χ0n) is 27.8. The Balaban J connectivity index is 1.76. The fourth-order valence-electron chi connectivity index (χ4n) is 8.23. The predicted molar refractivity (Wildman–Crippen MR) is 182 cm³/mol. The number of likely N-dealkylation sites (N-methyl/N-ethyl adjacent to an activating group) is 2. The molecule has 4 nitrogen and oxygen atoms in total. The van der Waals surface area contributed by atoms with Crippen molar-refractivity contribution in [2.45, 2.75) is 63.7 Å². The van der Waals surface area contributed by atoms with Gasteiger partial charge in [0.25, 0.3) is 0 Å². The molecule has 0 saturated carbocycles. The molecular weight excluding hydrogens is 619 g/mol. The van der Waals surface area contributed by atoms with Crippen LogP contribution in [0.4, 0.5) is 17.6 Å². The minimum atomic E-state index is -3.04. The summed E-state index contributed by atoms with van der Waals surface area (Å²) in [5.41, 5.74) is 0.316. The van der Waals surface area contributed by atoms with Crippen LogP contribution in [0.3, 0.4) is 0 Å². The lowest BCUT2D eigenvalue weighted by molar-refractivity contribution is 0.201. The van der Waals surface area contributed by atoms with E-state index in [0.717, 1.165) is 12.8 Å². The summed E-state index contributed by atoms with van der Waals surface area (Å²) in [6, 6.07) is 25.3. The molecule has 1 fully saturated rings. The van der Waals surface area contributed by atoms with Crippen molar-refractivity contribution in [3.63, 3.8) is 0 Å². The van der Waals surface area contributed by atoms with Crippen LogP contribution in [-0.4, -0.2) is 35.5 Å². The van der Waals surface area contributed by atoms with Gasteiger partial charge in [-0.1, -0.05) is 89.1 Å². The van der Waals surface area contributed by atoms with Crippen LogP contribution in [-0.2, 0) is 11.1 Å². The quantitative estimate of drug-likeness (QED) is 0.151. The van der Waals surface area contributed by atoms with Crippen LogP contribution in [0.25, 0.3) is 0 Å². The highest BCUT2D eigenvalue weighted by molar-refractivity contribution is 7.60. The molecule has 1 N–H and O–H groups in total. The molecule has 0 bridgehead atoms. The number of nitrogens with one attached hydrogen (secondary N) is 1. The second kappa shape index (κ2) is 12.6. The van der Waals surface area contributed by atoms with Gasteiger partial charge in [0.15, 0.2) is 7.51 Å². The molecule has 1 unspecified atom stereocenters. The first-order valence-electron chi connectivity index (χ1n) is 16.4. The monoisotopic (exact) mass is 662 g/mol. The van der Waals surface area contributed by atoms with E-state index in [-0.39, 0.29) is 23.9 Å². The number of nitrogens with zero attached hydrogens (tertiary/aromatic N) is 3. The maximum absolute atomic E-state index is 15.2. The number of rotatable bonds is 8. The molecule has 6 rings (SSSR count). The van der Waals surface area contributed by atoms with Crippen molar-refractivity contribution in [3.05, 3.63) is 143 Å². The van der Waals surface area contributed by atoms with Crippen LogP contribution in [0, 0.1) is 35.1 Å². The van der Waals surface area contributed by atoms with Gasteiger partial charge in [-0.25, -0.2) is 36.7 Å². The minimum Gasteiger partial charge on any atom is -0.244 e. The Bertz CT molecular complexity index is 1740. The van der Waals surface area contributed by atoms with E-state index in [1.54, 1.807) is 24.3 Å². The highest BCUT2D eigenvalue weighted by Gasteiger charge is 2.66. The van der Waals surface area contributed by atoms with Gasteiger partial charge in [-0.3, -0.25) is 0 Å². The second-order valence-electron chi connectivity index (χ2n) is 13.2. The number of hydrogen-bond donors (Lipinski definition) is 1. The molecule has 47 heavy (non-hydrogen) atoms. The predicted octanol–water partition coefficient (Wildman–Crippen LogP) is 9.69. The lowest BCUT2D eigenvalue weighted by Gasteiger charge is -2.41. The van der Waals surface area contributed by atoms with Crippen LogP contribution >= 0.6 is 7.51 Å². The SMILES string of the molecule is CC[C@H](C)[C@@H]1N(C)P2(=NC1(c1cccc(F)c1)c1cccc(F)c1)NC(c1cccc(F)c1)(c1cccc(F)c1)[C@H]([C@@H](C)CC)N2C. The third-order valence-corrected chi connectivity index (χ3v) is 14.1. The van der Waals surface area contributed by atoms with Crippen molar-refractivity contribution in [2.75, 3.05) is 14.1 Å². The van der Waals surface area contributed by atoms with Crippen LogP contribution in [0.1, 0.15) is 62.8 Å². The normalized spacial score (nSPS) is 25.1. The van der Waals surface area contributed by atoms with Crippen LogP contribution in [0.5, 0.6) is 0 Å². The summed E-state index contributed by atoms with van der Waals surface area (Å²) in [5.74, 6) is -1.52. The van der Waals surface area contributed by atoms with Gasteiger partial charge >= 0.3 is 0 Å². The van der Waals surface area contributed by atoms with Crippen LogP contribution < -0.4 is 5.09 Å². The Labute approximate surface area is 276 Å². The third kappa shape index (κ3) is 5.20. The average molecular weight is 663 g/mol. The van der Waals surface area contributed by atoms with Gasteiger partial charge in [0.1, 0.15) is 28.8 Å². The van der Waals surface area contributed by atoms with Gasteiger partial charge in [0, 0.05) is 6.04 Å². The van der Waals surface area contributed by atoms with Gasteiger partial charge in [-0.2, -0.15) is 0 Å². The van der Waals surface area contributed by atoms with Crippen LogP contribution in [0.2, 0.25) is 0 Å². The first kappa shape index (κ1) is 33.6. The molecule has 1 spiro atoms. The average Bonchev–Trinajstić information content (AvgIpc) is 3.49. The van der Waals surface area contributed by atoms with E-state index in [2.05, 4.69) is 42.1 Å². The van der Waals surface area contributed by atoms with E-state index in [1.165, 1.54) is 48.5 Å². The van der Waals surface area contributed by atoms with Gasteiger partial charge in [0.2, 0.25) is 0 Å². The molecule has 0 aromatic heterocycles. The van der Waals surface area contributed by atoms with Crippen molar-refractivity contribution >= 4 is 7.51 Å². The molecule has 9 heteroatoms. The van der Waals surface area contributed by atoms with Crippen LogP contribution in [0.15, 0.2) is 102 Å². The molecule has 5 atom stereocenters.